The lowest BCUT2D eigenvalue weighted by molar-refractivity contribution is -0.137. The Morgan fingerprint density at radius 2 is 1.83 bits per heavy atom. The first-order valence-corrected chi connectivity index (χ1v) is 10.4. The Hall–Kier alpha value is -3.78. The topological polar surface area (TPSA) is 114 Å². The van der Waals surface area contributed by atoms with E-state index >= 15 is 0 Å². The smallest absolute Gasteiger partial charge is 0.320 e. The molecule has 12 heteroatoms. The predicted molar refractivity (Wildman–Crippen MR) is 121 cm³/mol. The van der Waals surface area contributed by atoms with Gasteiger partial charge in [-0.1, -0.05) is 0 Å². The van der Waals surface area contributed by atoms with Crippen LogP contribution < -0.4 is 5.32 Å². The fraction of sp³-hybridized carbons (Fsp3) is 0.304. The minimum atomic E-state index is -4.50. The van der Waals surface area contributed by atoms with Gasteiger partial charge in [0.1, 0.15) is 11.2 Å². The molecule has 182 valence electrons. The van der Waals surface area contributed by atoms with E-state index in [0.29, 0.717) is 49.0 Å². The number of nitriles is 1. The number of carbonyl (C=O) groups excluding carboxylic acids is 2. The van der Waals surface area contributed by atoms with E-state index in [-0.39, 0.29) is 29.6 Å². The molecule has 0 bridgehead atoms. The summed E-state index contributed by atoms with van der Waals surface area (Å²) < 4.78 is 39.5. The number of amides is 1. The lowest BCUT2D eigenvalue weighted by Gasteiger charge is -2.29. The van der Waals surface area contributed by atoms with Crippen LogP contribution in [-0.2, 0) is 16.4 Å². The van der Waals surface area contributed by atoms with Gasteiger partial charge in [0.05, 0.1) is 46.7 Å². The van der Waals surface area contributed by atoms with Crippen molar-refractivity contribution in [2.24, 2.45) is 0 Å². The second-order valence-electron chi connectivity index (χ2n) is 8.08. The molecule has 1 saturated carbocycles. The maximum Gasteiger partial charge on any atom is 0.417 e. The summed E-state index contributed by atoms with van der Waals surface area (Å²) in [6.45, 7) is 1.60. The Bertz CT molecular complexity index is 1270. The second-order valence-corrected chi connectivity index (χ2v) is 8.08. The molecule has 1 amide bonds. The third-order valence-corrected chi connectivity index (χ3v) is 5.93. The Morgan fingerprint density at radius 1 is 1.11 bits per heavy atom. The highest BCUT2D eigenvalue weighted by atomic mass is 35.5. The van der Waals surface area contributed by atoms with Crippen LogP contribution in [0, 0.1) is 18.3 Å². The Morgan fingerprint density at radius 3 is 2.37 bits per heavy atom. The molecule has 3 heterocycles. The summed E-state index contributed by atoms with van der Waals surface area (Å²) in [6, 6.07) is 7.67. The van der Waals surface area contributed by atoms with Crippen molar-refractivity contribution in [2.75, 3.05) is 5.32 Å². The monoisotopic (exact) mass is 504 g/mol. The number of aromatic nitrogens is 4. The summed E-state index contributed by atoms with van der Waals surface area (Å²) in [5, 5.41) is 16.5. The average Bonchev–Trinajstić information content (AvgIpc) is 3.21. The minimum absolute atomic E-state index is 0. The molecule has 0 spiro atoms. The maximum absolute atomic E-state index is 12.8. The molecule has 8 nitrogen and oxygen atoms in total. The molecule has 3 aromatic rings. The van der Waals surface area contributed by atoms with Gasteiger partial charge in [-0.3, -0.25) is 14.6 Å². The molecule has 0 atom stereocenters. The molecule has 0 aliphatic heterocycles. The van der Waals surface area contributed by atoms with Gasteiger partial charge in [0.15, 0.2) is 5.82 Å². The van der Waals surface area contributed by atoms with Crippen LogP contribution in [0.5, 0.6) is 0 Å². The van der Waals surface area contributed by atoms with Crippen molar-refractivity contribution < 1.29 is 22.8 Å². The number of hydrogen-bond acceptors (Lipinski definition) is 6. The number of anilines is 1. The number of ketones is 1. The van der Waals surface area contributed by atoms with E-state index in [4.69, 9.17) is 0 Å². The third kappa shape index (κ3) is 5.17. The molecule has 1 N–H and O–H groups in total. The molecular formula is C23H20ClF3N6O2. The Labute approximate surface area is 204 Å². The van der Waals surface area contributed by atoms with Gasteiger partial charge >= 0.3 is 6.18 Å². The van der Waals surface area contributed by atoms with Gasteiger partial charge in [0.2, 0.25) is 0 Å². The van der Waals surface area contributed by atoms with Crippen LogP contribution in [0.3, 0.4) is 0 Å². The minimum Gasteiger partial charge on any atom is -0.320 e. The van der Waals surface area contributed by atoms with Gasteiger partial charge in [-0.25, -0.2) is 9.67 Å². The molecule has 1 aliphatic rings. The normalized spacial score (nSPS) is 15.1. The predicted octanol–water partition coefficient (Wildman–Crippen LogP) is 4.57. The molecule has 1 fully saturated rings. The number of Topliss-reactive ketones (excluding diaryl/α,β-unsaturated/α-hetero) is 1. The summed E-state index contributed by atoms with van der Waals surface area (Å²) in [5.41, 5.74) is -0.142. The van der Waals surface area contributed by atoms with Crippen LogP contribution in [0.1, 0.15) is 53.0 Å². The zero-order chi connectivity index (χ0) is 24.5. The summed E-state index contributed by atoms with van der Waals surface area (Å²) in [6.07, 6.45) is 0.458. The second kappa shape index (κ2) is 9.84. The van der Waals surface area contributed by atoms with Crippen molar-refractivity contribution in [1.82, 2.24) is 19.7 Å². The fourth-order valence-corrected chi connectivity index (χ4v) is 3.87. The van der Waals surface area contributed by atoms with E-state index < -0.39 is 23.1 Å². The van der Waals surface area contributed by atoms with Gasteiger partial charge in [0.25, 0.3) is 5.91 Å². The van der Waals surface area contributed by atoms with Crippen LogP contribution in [0.2, 0.25) is 0 Å². The Kier molecular flexibility index (Phi) is 7.26. The zero-order valence-corrected chi connectivity index (χ0v) is 19.3. The summed E-state index contributed by atoms with van der Waals surface area (Å²) in [4.78, 5) is 32.5. The van der Waals surface area contributed by atoms with Crippen LogP contribution in [0.4, 0.5) is 18.9 Å². The number of pyridine rings is 2. The molecule has 3 aromatic heterocycles. The number of alkyl halides is 3. The molecule has 35 heavy (non-hydrogen) atoms. The van der Waals surface area contributed by atoms with E-state index in [1.54, 1.807) is 19.1 Å². The summed E-state index contributed by atoms with van der Waals surface area (Å²) in [5.74, 6) is -0.205. The fourth-order valence-electron chi connectivity index (χ4n) is 3.87. The van der Waals surface area contributed by atoms with Crippen molar-refractivity contribution in [3.8, 4) is 11.9 Å². The first-order valence-electron chi connectivity index (χ1n) is 10.4. The van der Waals surface area contributed by atoms with Gasteiger partial charge in [-0.2, -0.15) is 23.5 Å². The molecule has 0 unspecified atom stereocenters. The number of nitrogens with zero attached hydrogens (tertiary/aromatic N) is 5. The SMILES string of the molecule is Cc1c(C(=O)Nc2ccc(C3(C#N)CCC(=O)CC3)nc2)cnn1-c1ccc(C(F)(F)F)cn1.Cl. The standard InChI is InChI=1S/C23H19F3N6O2.ClH/c1-14-18(12-30-32(14)20-5-2-15(10-29-20)23(24,25)26)21(34)31-16-3-4-19(28-11-16)22(13-27)8-6-17(33)7-9-22;/h2-5,10-12H,6-9H2,1H3,(H,31,34);1H. The third-order valence-electron chi connectivity index (χ3n) is 5.93. The van der Waals surface area contributed by atoms with Crippen LogP contribution in [0.15, 0.2) is 42.9 Å². The molecule has 4 rings (SSSR count). The van der Waals surface area contributed by atoms with E-state index in [1.165, 1.54) is 23.1 Å². The van der Waals surface area contributed by atoms with Gasteiger partial charge < -0.3 is 5.32 Å². The van der Waals surface area contributed by atoms with E-state index in [0.717, 1.165) is 6.07 Å². The highest BCUT2D eigenvalue weighted by Crippen LogP contribution is 2.37. The van der Waals surface area contributed by atoms with E-state index in [1.807, 2.05) is 0 Å². The lowest BCUT2D eigenvalue weighted by Crippen LogP contribution is -2.31. The van der Waals surface area contributed by atoms with Crippen molar-refractivity contribution in [3.63, 3.8) is 0 Å². The highest BCUT2D eigenvalue weighted by molar-refractivity contribution is 6.04. The number of nitrogens with one attached hydrogen (secondary N) is 1. The van der Waals surface area contributed by atoms with Gasteiger partial charge in [0, 0.05) is 19.0 Å². The van der Waals surface area contributed by atoms with Gasteiger partial charge in [-0.15, -0.1) is 12.4 Å². The van der Waals surface area contributed by atoms with E-state index in [9.17, 15) is 28.0 Å². The van der Waals surface area contributed by atoms with Crippen LogP contribution in [-0.4, -0.2) is 31.4 Å². The van der Waals surface area contributed by atoms with Crippen molar-refractivity contribution in [1.29, 1.82) is 5.26 Å². The average molecular weight is 505 g/mol. The number of halogens is 4. The number of carbonyl (C=O) groups is 2. The molecular weight excluding hydrogens is 485 g/mol. The van der Waals surface area contributed by atoms with Gasteiger partial charge in [-0.05, 0) is 44.0 Å². The number of rotatable bonds is 4. The molecule has 0 aromatic carbocycles. The largest absolute Gasteiger partial charge is 0.417 e. The highest BCUT2D eigenvalue weighted by Gasteiger charge is 2.38. The van der Waals surface area contributed by atoms with Crippen molar-refractivity contribution in [3.05, 3.63) is 65.4 Å². The molecule has 0 radical (unpaired) electrons. The van der Waals surface area contributed by atoms with Crippen molar-refractivity contribution >= 4 is 29.8 Å². The summed E-state index contributed by atoms with van der Waals surface area (Å²) >= 11 is 0. The summed E-state index contributed by atoms with van der Waals surface area (Å²) in [7, 11) is 0. The first-order chi connectivity index (χ1) is 16.1. The lowest BCUT2D eigenvalue weighted by atomic mass is 9.72. The number of hydrogen-bond donors (Lipinski definition) is 1. The van der Waals surface area contributed by atoms with Crippen molar-refractivity contribution in [2.45, 2.75) is 44.2 Å². The Balaban J connectivity index is 0.00000342. The zero-order valence-electron chi connectivity index (χ0n) is 18.5. The molecule has 0 saturated heterocycles. The first kappa shape index (κ1) is 25.8. The van der Waals surface area contributed by atoms with Crippen LogP contribution >= 0.6 is 12.4 Å². The molecule has 1 aliphatic carbocycles. The maximum atomic E-state index is 12.8. The van der Waals surface area contributed by atoms with Crippen LogP contribution in [0.25, 0.3) is 5.82 Å². The van der Waals surface area contributed by atoms with E-state index in [2.05, 4.69) is 26.5 Å². The quantitative estimate of drug-likeness (QED) is 0.557.